The molecule has 8 heteroatoms. The highest BCUT2D eigenvalue weighted by Crippen LogP contribution is 2.23. The predicted molar refractivity (Wildman–Crippen MR) is 124 cm³/mol. The summed E-state index contributed by atoms with van der Waals surface area (Å²) in [5.41, 5.74) is 1.17. The molecule has 7 nitrogen and oxygen atoms in total. The summed E-state index contributed by atoms with van der Waals surface area (Å²) in [7, 11) is 2.05. The van der Waals surface area contributed by atoms with Gasteiger partial charge in [-0.15, -0.1) is 0 Å². The third kappa shape index (κ3) is 5.98. The summed E-state index contributed by atoms with van der Waals surface area (Å²) in [5, 5.41) is 3.45. The second kappa shape index (κ2) is 10.6. The summed E-state index contributed by atoms with van der Waals surface area (Å²) in [6.45, 7) is 2.60. The molecule has 1 fully saturated rings. The average molecular weight is 445 g/mol. The number of nitrogens with zero attached hydrogens (tertiary/aromatic N) is 3. The lowest BCUT2D eigenvalue weighted by atomic mass is 9.98. The molecule has 1 aliphatic rings. The number of benzene rings is 2. The molecule has 1 heterocycles. The molecule has 1 saturated heterocycles. The summed E-state index contributed by atoms with van der Waals surface area (Å²) in [4.78, 5) is 6.84. The summed E-state index contributed by atoms with van der Waals surface area (Å²) in [5.74, 6) is 2.08. The maximum absolute atomic E-state index is 12.8. The minimum atomic E-state index is -3.40. The van der Waals surface area contributed by atoms with Crippen LogP contribution in [0, 0.1) is 5.92 Å². The Morgan fingerprint density at radius 1 is 1.13 bits per heavy atom. The van der Waals surface area contributed by atoms with Gasteiger partial charge in [0.2, 0.25) is 10.0 Å². The van der Waals surface area contributed by atoms with Crippen LogP contribution in [0.15, 0.2) is 64.5 Å². The molecule has 3 rings (SSSR count). The Morgan fingerprint density at radius 3 is 2.35 bits per heavy atom. The van der Waals surface area contributed by atoms with E-state index in [2.05, 4.69) is 15.2 Å². The fourth-order valence-electron chi connectivity index (χ4n) is 3.80. The van der Waals surface area contributed by atoms with E-state index in [4.69, 9.17) is 4.74 Å². The maximum atomic E-state index is 12.8. The molecule has 0 saturated carbocycles. The monoisotopic (exact) mass is 444 g/mol. The Bertz CT molecular complexity index is 954. The van der Waals surface area contributed by atoms with Gasteiger partial charge in [-0.2, -0.15) is 4.31 Å². The van der Waals surface area contributed by atoms with Gasteiger partial charge in [-0.3, -0.25) is 4.99 Å². The van der Waals surface area contributed by atoms with Gasteiger partial charge in [-0.05, 0) is 48.6 Å². The van der Waals surface area contributed by atoms with Crippen molar-refractivity contribution in [3.63, 3.8) is 0 Å². The molecule has 0 bridgehead atoms. The van der Waals surface area contributed by atoms with Gasteiger partial charge in [0.15, 0.2) is 5.96 Å². The molecule has 0 spiro atoms. The molecule has 2 aromatic rings. The van der Waals surface area contributed by atoms with Crippen molar-refractivity contribution in [1.29, 1.82) is 0 Å². The highest BCUT2D eigenvalue weighted by Gasteiger charge is 2.29. The van der Waals surface area contributed by atoms with Crippen molar-refractivity contribution < 1.29 is 13.2 Å². The van der Waals surface area contributed by atoms with Crippen LogP contribution < -0.4 is 10.1 Å². The number of sulfonamides is 1. The third-order valence-corrected chi connectivity index (χ3v) is 7.57. The van der Waals surface area contributed by atoms with Gasteiger partial charge in [0.05, 0.1) is 12.0 Å². The van der Waals surface area contributed by atoms with Crippen LogP contribution in [0.3, 0.4) is 0 Å². The molecule has 1 aliphatic heterocycles. The smallest absolute Gasteiger partial charge is 0.243 e. The van der Waals surface area contributed by atoms with Crippen LogP contribution in [0.25, 0.3) is 0 Å². The fraction of sp³-hybridized carbons (Fsp3) is 0.435. The van der Waals surface area contributed by atoms with Crippen LogP contribution in [-0.2, 0) is 16.6 Å². The maximum Gasteiger partial charge on any atom is 0.243 e. The lowest BCUT2D eigenvalue weighted by Gasteiger charge is -2.32. The second-order valence-electron chi connectivity index (χ2n) is 7.79. The molecular formula is C23H32N4O3S. The second-order valence-corrected chi connectivity index (χ2v) is 9.73. The summed E-state index contributed by atoms with van der Waals surface area (Å²) < 4.78 is 32.4. The van der Waals surface area contributed by atoms with Crippen LogP contribution in [0.5, 0.6) is 5.75 Å². The van der Waals surface area contributed by atoms with Crippen LogP contribution in [0.2, 0.25) is 0 Å². The molecule has 1 N–H and O–H groups in total. The SMILES string of the molecule is CN=C(NCC1CCN(S(=O)(=O)c2ccccc2)CC1)N(C)Cc1ccc(OC)cc1. The summed E-state index contributed by atoms with van der Waals surface area (Å²) >= 11 is 0. The first-order chi connectivity index (χ1) is 14.9. The van der Waals surface area contributed by atoms with Crippen LogP contribution in [-0.4, -0.2) is 64.4 Å². The van der Waals surface area contributed by atoms with Crippen molar-refractivity contribution in [2.75, 3.05) is 40.8 Å². The zero-order chi connectivity index (χ0) is 22.3. The quantitative estimate of drug-likeness (QED) is 0.525. The minimum Gasteiger partial charge on any atom is -0.497 e. The normalized spacial score (nSPS) is 16.2. The molecule has 0 atom stereocenters. The van der Waals surface area contributed by atoms with Gasteiger partial charge in [0.1, 0.15) is 5.75 Å². The Labute approximate surface area is 185 Å². The van der Waals surface area contributed by atoms with E-state index in [1.54, 1.807) is 42.7 Å². The van der Waals surface area contributed by atoms with E-state index >= 15 is 0 Å². The van der Waals surface area contributed by atoms with E-state index in [1.807, 2.05) is 37.4 Å². The first-order valence-electron chi connectivity index (χ1n) is 10.5. The highest BCUT2D eigenvalue weighted by molar-refractivity contribution is 7.89. The van der Waals surface area contributed by atoms with Crippen molar-refractivity contribution in [3.05, 3.63) is 60.2 Å². The number of guanidine groups is 1. The number of methoxy groups -OCH3 is 1. The van der Waals surface area contributed by atoms with Crippen LogP contribution in [0.1, 0.15) is 18.4 Å². The minimum absolute atomic E-state index is 0.368. The number of aliphatic imine (C=N–C) groups is 1. The fourth-order valence-corrected chi connectivity index (χ4v) is 5.29. The first kappa shape index (κ1) is 23.1. The standard InChI is InChI=1S/C23H32N4O3S/c1-24-23(26(2)18-20-9-11-21(30-3)12-10-20)25-17-19-13-15-27(16-14-19)31(28,29)22-7-5-4-6-8-22/h4-12,19H,13-18H2,1-3H3,(H,24,25). The Balaban J connectivity index is 1.48. The highest BCUT2D eigenvalue weighted by atomic mass is 32.2. The summed E-state index contributed by atoms with van der Waals surface area (Å²) in [6.07, 6.45) is 1.66. The number of piperidine rings is 1. The van der Waals surface area contributed by atoms with Gasteiger partial charge in [0, 0.05) is 40.3 Å². The summed E-state index contributed by atoms with van der Waals surface area (Å²) in [6, 6.07) is 16.7. The third-order valence-electron chi connectivity index (χ3n) is 5.66. The van der Waals surface area contributed by atoms with Crippen molar-refractivity contribution >= 4 is 16.0 Å². The van der Waals surface area contributed by atoms with Gasteiger partial charge in [0.25, 0.3) is 0 Å². The predicted octanol–water partition coefficient (Wildman–Crippen LogP) is 2.80. The Kier molecular flexibility index (Phi) is 7.92. The number of hydrogen-bond acceptors (Lipinski definition) is 4. The molecule has 31 heavy (non-hydrogen) atoms. The molecule has 2 aromatic carbocycles. The molecule has 0 unspecified atom stereocenters. The Morgan fingerprint density at radius 2 is 1.77 bits per heavy atom. The van der Waals surface area contributed by atoms with E-state index < -0.39 is 10.0 Å². The van der Waals surface area contributed by atoms with Gasteiger partial charge in [-0.1, -0.05) is 30.3 Å². The van der Waals surface area contributed by atoms with E-state index in [9.17, 15) is 8.42 Å². The van der Waals surface area contributed by atoms with E-state index in [1.165, 1.54) is 5.56 Å². The molecule has 0 amide bonds. The Hall–Kier alpha value is -2.58. The average Bonchev–Trinajstić information content (AvgIpc) is 2.81. The van der Waals surface area contributed by atoms with Gasteiger partial charge >= 0.3 is 0 Å². The van der Waals surface area contributed by atoms with Gasteiger partial charge in [-0.25, -0.2) is 8.42 Å². The largest absolute Gasteiger partial charge is 0.497 e. The van der Waals surface area contributed by atoms with Gasteiger partial charge < -0.3 is 15.0 Å². The number of rotatable bonds is 7. The number of nitrogens with one attached hydrogen (secondary N) is 1. The van der Waals surface area contributed by atoms with E-state index in [-0.39, 0.29) is 0 Å². The van der Waals surface area contributed by atoms with E-state index in [0.717, 1.165) is 37.6 Å². The molecular weight excluding hydrogens is 412 g/mol. The van der Waals surface area contributed by atoms with Crippen molar-refractivity contribution in [3.8, 4) is 5.75 Å². The zero-order valence-corrected chi connectivity index (χ0v) is 19.3. The van der Waals surface area contributed by atoms with E-state index in [0.29, 0.717) is 23.9 Å². The molecule has 0 radical (unpaired) electrons. The molecule has 168 valence electrons. The topological polar surface area (TPSA) is 74.2 Å². The molecule has 0 aromatic heterocycles. The van der Waals surface area contributed by atoms with Crippen molar-refractivity contribution in [1.82, 2.24) is 14.5 Å². The number of ether oxygens (including phenoxy) is 1. The number of hydrogen-bond donors (Lipinski definition) is 1. The zero-order valence-electron chi connectivity index (χ0n) is 18.5. The lowest BCUT2D eigenvalue weighted by molar-refractivity contribution is 0.272. The lowest BCUT2D eigenvalue weighted by Crippen LogP contribution is -2.44. The van der Waals surface area contributed by atoms with Crippen molar-refractivity contribution in [2.24, 2.45) is 10.9 Å². The molecule has 0 aliphatic carbocycles. The van der Waals surface area contributed by atoms with Crippen LogP contribution >= 0.6 is 0 Å². The van der Waals surface area contributed by atoms with Crippen LogP contribution in [0.4, 0.5) is 0 Å². The first-order valence-corrected chi connectivity index (χ1v) is 12.0. The van der Waals surface area contributed by atoms with Crippen molar-refractivity contribution in [2.45, 2.75) is 24.3 Å².